The summed E-state index contributed by atoms with van der Waals surface area (Å²) in [5, 5.41) is 4.78. The molecule has 1 N–H and O–H groups in total. The molecule has 2 aromatic carbocycles. The van der Waals surface area contributed by atoms with Gasteiger partial charge in [0.2, 0.25) is 0 Å². The quantitative estimate of drug-likeness (QED) is 0.452. The molecule has 4 rings (SSSR count). The molecule has 0 bridgehead atoms. The fourth-order valence-electron chi connectivity index (χ4n) is 2.86. The monoisotopic (exact) mass is 423 g/mol. The molecule has 2 heterocycles. The zero-order valence-corrected chi connectivity index (χ0v) is 17.6. The Kier molecular flexibility index (Phi) is 5.22. The van der Waals surface area contributed by atoms with Crippen LogP contribution >= 0.6 is 18.7 Å². The molecule has 0 aliphatic carbocycles. The largest absolute Gasteiger partial charge is 0.338 e. The van der Waals surface area contributed by atoms with E-state index >= 15 is 0 Å². The Morgan fingerprint density at radius 2 is 1.79 bits per heavy atom. The lowest BCUT2D eigenvalue weighted by Gasteiger charge is -2.09. The average Bonchev–Trinajstić information content (AvgIpc) is 3.11. The van der Waals surface area contributed by atoms with E-state index in [4.69, 9.17) is 11.6 Å². The Labute approximate surface area is 173 Å². The van der Waals surface area contributed by atoms with Gasteiger partial charge in [-0.05, 0) is 55.3 Å². The first kappa shape index (κ1) is 19.4. The third-order valence-electron chi connectivity index (χ3n) is 4.43. The minimum Gasteiger partial charge on any atom is -0.338 e. The maximum absolute atomic E-state index is 12.2. The van der Waals surface area contributed by atoms with Gasteiger partial charge in [0.05, 0.1) is 0 Å². The van der Waals surface area contributed by atoms with Gasteiger partial charge in [0.1, 0.15) is 19.8 Å². The van der Waals surface area contributed by atoms with Crippen LogP contribution in [0.2, 0.25) is 5.02 Å². The van der Waals surface area contributed by atoms with E-state index in [1.54, 1.807) is 19.7 Å². The number of hydrogen-bond acceptors (Lipinski definition) is 5. The third-order valence-corrected chi connectivity index (χ3v) is 6.32. The van der Waals surface area contributed by atoms with Gasteiger partial charge in [-0.3, -0.25) is 4.57 Å². The molecule has 0 saturated heterocycles. The van der Waals surface area contributed by atoms with Crippen LogP contribution in [0.3, 0.4) is 0 Å². The second-order valence-electron chi connectivity index (χ2n) is 6.91. The summed E-state index contributed by atoms with van der Waals surface area (Å²) in [5.41, 5.74) is 3.07. The molecule has 2 aromatic heterocycles. The van der Waals surface area contributed by atoms with Crippen molar-refractivity contribution >= 4 is 59.0 Å². The van der Waals surface area contributed by atoms with Crippen molar-refractivity contribution < 1.29 is 4.57 Å². The highest BCUT2D eigenvalue weighted by Gasteiger charge is 2.12. The molecule has 0 unspecified atom stereocenters. The van der Waals surface area contributed by atoms with Crippen molar-refractivity contribution in [1.29, 1.82) is 0 Å². The van der Waals surface area contributed by atoms with Crippen molar-refractivity contribution in [2.24, 2.45) is 0 Å². The number of benzene rings is 2. The van der Waals surface area contributed by atoms with E-state index in [1.807, 2.05) is 65.4 Å². The van der Waals surface area contributed by atoms with Crippen LogP contribution < -0.4 is 10.6 Å². The van der Waals surface area contributed by atoms with E-state index in [2.05, 4.69) is 20.3 Å². The molecule has 0 atom stereocenters. The number of anilines is 2. The van der Waals surface area contributed by atoms with Gasteiger partial charge in [-0.2, -0.15) is 0 Å². The number of rotatable bonds is 5. The average molecular weight is 424 g/mol. The van der Waals surface area contributed by atoms with Crippen molar-refractivity contribution in [3.8, 4) is 0 Å². The lowest BCUT2D eigenvalue weighted by atomic mass is 10.2. The standard InChI is InChI=1S/C21H19ClN5OP/c1-29(2,28)17-9-7-16(8-10-17)26-20-19-21(24-13-23-20)27(14-25-19)12-11-15-5-3-4-6-18(15)22/h3-14H,1-2H3,(H,23,24,26)/b12-11+. The van der Waals surface area contributed by atoms with Gasteiger partial charge in [0, 0.05) is 22.2 Å². The summed E-state index contributed by atoms with van der Waals surface area (Å²) < 4.78 is 14.0. The SMILES string of the molecule is CP(C)(=O)c1ccc(Nc2ncnc3c2ncn3/C=C/c2ccccc2Cl)cc1. The van der Waals surface area contributed by atoms with E-state index < -0.39 is 7.14 Å². The summed E-state index contributed by atoms with van der Waals surface area (Å²) in [4.78, 5) is 13.1. The Morgan fingerprint density at radius 3 is 2.52 bits per heavy atom. The normalized spacial score (nSPS) is 12.0. The Hall–Kier alpha value is -2.95. The first-order valence-corrected chi connectivity index (χ1v) is 11.9. The van der Waals surface area contributed by atoms with Crippen LogP contribution in [0, 0.1) is 0 Å². The van der Waals surface area contributed by atoms with E-state index in [0.717, 1.165) is 16.6 Å². The van der Waals surface area contributed by atoms with Gasteiger partial charge >= 0.3 is 0 Å². The van der Waals surface area contributed by atoms with E-state index in [9.17, 15) is 4.57 Å². The molecule has 0 aliphatic heterocycles. The zero-order chi connectivity index (χ0) is 20.4. The molecule has 146 valence electrons. The summed E-state index contributed by atoms with van der Waals surface area (Å²) in [6.45, 7) is 3.51. The highest BCUT2D eigenvalue weighted by atomic mass is 35.5. The first-order chi connectivity index (χ1) is 13.9. The van der Waals surface area contributed by atoms with Crippen molar-refractivity contribution in [3.63, 3.8) is 0 Å². The summed E-state index contributed by atoms with van der Waals surface area (Å²) in [7, 11) is -2.28. The van der Waals surface area contributed by atoms with Crippen molar-refractivity contribution in [2.75, 3.05) is 18.6 Å². The van der Waals surface area contributed by atoms with Crippen molar-refractivity contribution in [1.82, 2.24) is 19.5 Å². The number of nitrogens with one attached hydrogen (secondary N) is 1. The molecule has 29 heavy (non-hydrogen) atoms. The zero-order valence-electron chi connectivity index (χ0n) is 16.0. The van der Waals surface area contributed by atoms with E-state index in [0.29, 0.717) is 22.0 Å². The van der Waals surface area contributed by atoms with Gasteiger partial charge in [-0.25, -0.2) is 15.0 Å². The molecule has 0 fully saturated rings. The third kappa shape index (κ3) is 4.24. The van der Waals surface area contributed by atoms with Crippen LogP contribution in [0.5, 0.6) is 0 Å². The molecule has 8 heteroatoms. The number of fused-ring (bicyclic) bond motifs is 1. The molecule has 4 aromatic rings. The first-order valence-electron chi connectivity index (χ1n) is 8.95. The van der Waals surface area contributed by atoms with E-state index in [-0.39, 0.29) is 0 Å². The maximum atomic E-state index is 12.2. The summed E-state index contributed by atoms with van der Waals surface area (Å²) in [6.07, 6.45) is 6.95. The second-order valence-corrected chi connectivity index (χ2v) is 10.5. The summed E-state index contributed by atoms with van der Waals surface area (Å²) in [5.74, 6) is 0.601. The molecular weight excluding hydrogens is 405 g/mol. The fraction of sp³-hybridized carbons (Fsp3) is 0.0952. The maximum Gasteiger partial charge on any atom is 0.169 e. The number of nitrogens with zero attached hydrogens (tertiary/aromatic N) is 4. The Morgan fingerprint density at radius 1 is 1.03 bits per heavy atom. The van der Waals surface area contributed by atoms with Crippen LogP contribution in [-0.4, -0.2) is 32.8 Å². The van der Waals surface area contributed by atoms with Crippen molar-refractivity contribution in [2.45, 2.75) is 0 Å². The second kappa shape index (κ2) is 7.82. The number of hydrogen-bond donors (Lipinski definition) is 1. The minimum absolute atomic E-state index is 0.601. The highest BCUT2D eigenvalue weighted by Crippen LogP contribution is 2.35. The fourth-order valence-corrected chi connectivity index (χ4v) is 3.93. The van der Waals surface area contributed by atoms with Crippen molar-refractivity contribution in [3.05, 3.63) is 71.8 Å². The molecule has 0 spiro atoms. The molecule has 0 aliphatic rings. The van der Waals surface area contributed by atoms with Crippen LogP contribution in [0.4, 0.5) is 11.5 Å². The molecule has 0 radical (unpaired) electrons. The number of imidazole rings is 1. The predicted octanol–water partition coefficient (Wildman–Crippen LogP) is 5.10. The molecular formula is C21H19ClN5OP. The van der Waals surface area contributed by atoms with Gasteiger partial charge in [0.15, 0.2) is 17.0 Å². The van der Waals surface area contributed by atoms with Gasteiger partial charge < -0.3 is 9.88 Å². The van der Waals surface area contributed by atoms with Crippen LogP contribution in [-0.2, 0) is 4.57 Å². The highest BCUT2D eigenvalue weighted by molar-refractivity contribution is 7.70. The number of aromatic nitrogens is 4. The van der Waals surface area contributed by atoms with Crippen LogP contribution in [0.1, 0.15) is 5.56 Å². The minimum atomic E-state index is -2.28. The Balaban J connectivity index is 1.62. The number of halogens is 1. The summed E-state index contributed by atoms with van der Waals surface area (Å²) in [6, 6.07) is 15.1. The van der Waals surface area contributed by atoms with Gasteiger partial charge in [-0.1, -0.05) is 29.8 Å². The Bertz CT molecular complexity index is 1240. The summed E-state index contributed by atoms with van der Waals surface area (Å²) >= 11 is 6.21. The van der Waals surface area contributed by atoms with Gasteiger partial charge in [0.25, 0.3) is 0 Å². The van der Waals surface area contributed by atoms with Crippen LogP contribution in [0.15, 0.2) is 61.2 Å². The lowest BCUT2D eigenvalue weighted by Crippen LogP contribution is -2.03. The van der Waals surface area contributed by atoms with E-state index in [1.165, 1.54) is 6.33 Å². The van der Waals surface area contributed by atoms with Crippen LogP contribution in [0.25, 0.3) is 23.4 Å². The molecule has 0 saturated carbocycles. The smallest absolute Gasteiger partial charge is 0.169 e. The topological polar surface area (TPSA) is 72.7 Å². The predicted molar refractivity (Wildman–Crippen MR) is 121 cm³/mol. The lowest BCUT2D eigenvalue weighted by molar-refractivity contribution is 0.588. The molecule has 0 amide bonds. The molecule has 6 nitrogen and oxygen atoms in total. The van der Waals surface area contributed by atoms with Gasteiger partial charge in [-0.15, -0.1) is 0 Å².